The summed E-state index contributed by atoms with van der Waals surface area (Å²) in [4.78, 5) is 11.8. The molecule has 0 heterocycles. The summed E-state index contributed by atoms with van der Waals surface area (Å²) in [6, 6.07) is 5.50. The molecule has 0 aliphatic heterocycles. The van der Waals surface area contributed by atoms with Gasteiger partial charge in [0.1, 0.15) is 0 Å². The van der Waals surface area contributed by atoms with Crippen molar-refractivity contribution < 1.29 is 19.0 Å². The molecule has 0 fully saturated rings. The third kappa shape index (κ3) is 4.59. The van der Waals surface area contributed by atoms with Gasteiger partial charge in [-0.2, -0.15) is 0 Å². The van der Waals surface area contributed by atoms with Crippen molar-refractivity contribution in [3.8, 4) is 11.5 Å². The predicted octanol–water partition coefficient (Wildman–Crippen LogP) is 1.87. The number of benzene rings is 1. The molecule has 0 bridgehead atoms. The smallest absolute Gasteiger partial charge is 0.247 e. The summed E-state index contributed by atoms with van der Waals surface area (Å²) in [5, 5.41) is 2.77. The lowest BCUT2D eigenvalue weighted by Crippen LogP contribution is -2.27. The van der Waals surface area contributed by atoms with E-state index in [1.165, 1.54) is 0 Å². The number of ether oxygens (including phenoxy) is 3. The lowest BCUT2D eigenvalue weighted by Gasteiger charge is -2.08. The molecule has 5 nitrogen and oxygen atoms in total. The van der Waals surface area contributed by atoms with E-state index in [9.17, 15) is 4.79 Å². The first kappa shape index (κ1) is 16.0. The monoisotopic (exact) mass is 279 g/mol. The zero-order chi connectivity index (χ0) is 15.0. The van der Waals surface area contributed by atoms with Crippen LogP contribution in [0.1, 0.15) is 12.5 Å². The molecule has 110 valence electrons. The van der Waals surface area contributed by atoms with Gasteiger partial charge < -0.3 is 19.5 Å². The van der Waals surface area contributed by atoms with Crippen molar-refractivity contribution in [3.05, 3.63) is 29.3 Å². The number of carbonyl (C=O) groups excluding carboxylic acids is 1. The fourth-order valence-corrected chi connectivity index (χ4v) is 1.66. The van der Waals surface area contributed by atoms with Gasteiger partial charge in [0, 0.05) is 19.2 Å². The highest BCUT2D eigenvalue weighted by Crippen LogP contribution is 2.28. The Labute approximate surface area is 119 Å². The van der Waals surface area contributed by atoms with Crippen LogP contribution in [0.15, 0.2) is 23.8 Å². The van der Waals surface area contributed by atoms with E-state index >= 15 is 0 Å². The Bertz CT molecular complexity index is 483. The van der Waals surface area contributed by atoms with Gasteiger partial charge in [-0.05, 0) is 30.7 Å². The fourth-order valence-electron chi connectivity index (χ4n) is 1.66. The molecule has 0 aromatic heterocycles. The van der Waals surface area contributed by atoms with Crippen LogP contribution in [0, 0.1) is 0 Å². The molecule has 20 heavy (non-hydrogen) atoms. The number of amides is 1. The van der Waals surface area contributed by atoms with Crippen molar-refractivity contribution in [2.75, 3.05) is 34.5 Å². The molecule has 0 aliphatic carbocycles. The van der Waals surface area contributed by atoms with E-state index in [0.29, 0.717) is 30.2 Å². The van der Waals surface area contributed by atoms with Gasteiger partial charge in [-0.15, -0.1) is 0 Å². The van der Waals surface area contributed by atoms with Crippen LogP contribution in [0.3, 0.4) is 0 Å². The molecular formula is C15H21NO4. The zero-order valence-corrected chi connectivity index (χ0v) is 12.4. The Balaban J connectivity index is 2.79. The van der Waals surface area contributed by atoms with Crippen LogP contribution in [-0.4, -0.2) is 40.4 Å². The summed E-state index contributed by atoms with van der Waals surface area (Å²) in [6.07, 6.45) is 1.80. The van der Waals surface area contributed by atoms with E-state index in [1.807, 2.05) is 12.1 Å². The molecule has 1 amide bonds. The third-order valence-corrected chi connectivity index (χ3v) is 2.74. The summed E-state index contributed by atoms with van der Waals surface area (Å²) >= 11 is 0. The Hall–Kier alpha value is -2.01. The van der Waals surface area contributed by atoms with Gasteiger partial charge >= 0.3 is 0 Å². The van der Waals surface area contributed by atoms with Crippen LogP contribution < -0.4 is 14.8 Å². The molecule has 0 spiro atoms. The van der Waals surface area contributed by atoms with Crippen LogP contribution in [0.5, 0.6) is 11.5 Å². The maximum absolute atomic E-state index is 11.8. The van der Waals surface area contributed by atoms with Gasteiger partial charge in [-0.1, -0.05) is 6.07 Å². The normalized spacial score (nSPS) is 11.1. The molecular weight excluding hydrogens is 258 g/mol. The van der Waals surface area contributed by atoms with Crippen LogP contribution in [-0.2, 0) is 9.53 Å². The summed E-state index contributed by atoms with van der Waals surface area (Å²) < 4.78 is 15.3. The topological polar surface area (TPSA) is 56.8 Å². The van der Waals surface area contributed by atoms with E-state index in [0.717, 1.165) is 5.56 Å². The zero-order valence-electron chi connectivity index (χ0n) is 12.4. The summed E-state index contributed by atoms with van der Waals surface area (Å²) in [5.74, 6) is 1.18. The third-order valence-electron chi connectivity index (χ3n) is 2.74. The first-order chi connectivity index (χ1) is 9.62. The highest BCUT2D eigenvalue weighted by molar-refractivity contribution is 5.97. The second kappa shape index (κ2) is 8.22. The summed E-state index contributed by atoms with van der Waals surface area (Å²) in [6.45, 7) is 2.75. The molecule has 5 heteroatoms. The Morgan fingerprint density at radius 3 is 2.50 bits per heavy atom. The summed E-state index contributed by atoms with van der Waals surface area (Å²) in [7, 11) is 4.76. The van der Waals surface area contributed by atoms with Gasteiger partial charge in [0.25, 0.3) is 0 Å². The van der Waals surface area contributed by atoms with Gasteiger partial charge in [0.2, 0.25) is 5.91 Å². The van der Waals surface area contributed by atoms with Gasteiger partial charge in [-0.25, -0.2) is 0 Å². The lowest BCUT2D eigenvalue weighted by molar-refractivity contribution is -0.117. The molecule has 0 aliphatic rings. The van der Waals surface area contributed by atoms with Gasteiger partial charge in [0.15, 0.2) is 11.5 Å². The van der Waals surface area contributed by atoms with E-state index in [1.54, 1.807) is 40.4 Å². The van der Waals surface area contributed by atoms with Crippen LogP contribution >= 0.6 is 0 Å². The van der Waals surface area contributed by atoms with Gasteiger partial charge in [-0.3, -0.25) is 4.79 Å². The Morgan fingerprint density at radius 1 is 1.20 bits per heavy atom. The maximum atomic E-state index is 11.8. The molecule has 0 atom stereocenters. The molecule has 0 unspecified atom stereocenters. The van der Waals surface area contributed by atoms with E-state index in [4.69, 9.17) is 14.2 Å². The van der Waals surface area contributed by atoms with Crippen LogP contribution in [0.25, 0.3) is 6.08 Å². The van der Waals surface area contributed by atoms with Crippen molar-refractivity contribution in [1.29, 1.82) is 0 Å². The average Bonchev–Trinajstić information content (AvgIpc) is 2.47. The minimum Gasteiger partial charge on any atom is -0.493 e. The molecule has 0 radical (unpaired) electrons. The van der Waals surface area contributed by atoms with E-state index in [-0.39, 0.29) is 5.91 Å². The average molecular weight is 279 g/mol. The molecule has 1 aromatic carbocycles. The molecule has 0 saturated heterocycles. The number of hydrogen-bond donors (Lipinski definition) is 1. The first-order valence-corrected chi connectivity index (χ1v) is 6.29. The number of hydrogen-bond acceptors (Lipinski definition) is 4. The van der Waals surface area contributed by atoms with Crippen molar-refractivity contribution in [3.63, 3.8) is 0 Å². The number of nitrogens with one attached hydrogen (secondary N) is 1. The molecule has 1 N–H and O–H groups in total. The second-order valence-corrected chi connectivity index (χ2v) is 4.19. The SMILES string of the molecule is COCCNC(=O)/C(C)=C/c1ccc(OC)c(OC)c1. The quantitative estimate of drug-likeness (QED) is 0.611. The van der Waals surface area contributed by atoms with Gasteiger partial charge in [0.05, 0.1) is 20.8 Å². The largest absolute Gasteiger partial charge is 0.493 e. The maximum Gasteiger partial charge on any atom is 0.247 e. The summed E-state index contributed by atoms with van der Waals surface area (Å²) in [5.41, 5.74) is 1.50. The standard InChI is InChI=1S/C15H21NO4/c1-11(15(17)16-7-8-18-2)9-12-5-6-13(19-3)14(10-12)20-4/h5-6,9-10H,7-8H2,1-4H3,(H,16,17)/b11-9+. The predicted molar refractivity (Wildman–Crippen MR) is 78.1 cm³/mol. The molecule has 1 aromatic rings. The minimum atomic E-state index is -0.114. The lowest BCUT2D eigenvalue weighted by atomic mass is 10.1. The van der Waals surface area contributed by atoms with Crippen molar-refractivity contribution in [2.45, 2.75) is 6.92 Å². The fraction of sp³-hybridized carbons (Fsp3) is 0.400. The highest BCUT2D eigenvalue weighted by Gasteiger charge is 2.06. The minimum absolute atomic E-state index is 0.114. The first-order valence-electron chi connectivity index (χ1n) is 6.29. The number of carbonyl (C=O) groups is 1. The van der Waals surface area contributed by atoms with Crippen LogP contribution in [0.2, 0.25) is 0 Å². The Kier molecular flexibility index (Phi) is 6.59. The second-order valence-electron chi connectivity index (χ2n) is 4.19. The van der Waals surface area contributed by atoms with E-state index in [2.05, 4.69) is 5.32 Å². The van der Waals surface area contributed by atoms with E-state index < -0.39 is 0 Å². The van der Waals surface area contributed by atoms with Crippen molar-refractivity contribution >= 4 is 12.0 Å². The van der Waals surface area contributed by atoms with Crippen molar-refractivity contribution in [1.82, 2.24) is 5.32 Å². The van der Waals surface area contributed by atoms with Crippen LogP contribution in [0.4, 0.5) is 0 Å². The number of rotatable bonds is 7. The number of methoxy groups -OCH3 is 3. The highest BCUT2D eigenvalue weighted by atomic mass is 16.5. The molecule has 0 saturated carbocycles. The van der Waals surface area contributed by atoms with Crippen molar-refractivity contribution in [2.24, 2.45) is 0 Å². The molecule has 1 rings (SSSR count). The Morgan fingerprint density at radius 2 is 1.90 bits per heavy atom.